The molecular formula is C17H17NO2. The normalized spacial score (nSPS) is 34.1. The molecule has 3 nitrogen and oxygen atoms in total. The molecule has 1 saturated carbocycles. The second kappa shape index (κ2) is 4.05. The van der Waals surface area contributed by atoms with Gasteiger partial charge in [-0.15, -0.1) is 0 Å². The fraction of sp³-hybridized carbons (Fsp3) is 0.412. The number of nitrogens with zero attached hydrogens (tertiary/aromatic N) is 1. The second-order valence-electron chi connectivity index (χ2n) is 6.25. The third kappa shape index (κ3) is 1.52. The Balaban J connectivity index is 1.60. The number of carbonyl (C=O) groups is 2. The standard InChI is InChI=1S/C17H17NO2/c1-10-2-4-11(5-3-10)9-18-16(19)14-12-6-7-13(8-12)15(14)17(18)20/h2-7,12-15H,8-9H2,1H3/t12-,13-,14-,15+/m0/s1. The van der Waals surface area contributed by atoms with Crippen LogP contribution in [0.15, 0.2) is 36.4 Å². The lowest BCUT2D eigenvalue weighted by Gasteiger charge is -2.17. The summed E-state index contributed by atoms with van der Waals surface area (Å²) in [5.41, 5.74) is 2.21. The molecule has 2 fully saturated rings. The molecule has 3 aliphatic rings. The van der Waals surface area contributed by atoms with Crippen LogP contribution in [0.3, 0.4) is 0 Å². The molecular weight excluding hydrogens is 250 g/mol. The van der Waals surface area contributed by atoms with Gasteiger partial charge in [0.05, 0.1) is 18.4 Å². The Morgan fingerprint density at radius 2 is 1.55 bits per heavy atom. The SMILES string of the molecule is Cc1ccc(CN2C(=O)[C@@H]3[C@H](C2=O)[C@H]2C=C[C@H]3C2)cc1. The van der Waals surface area contributed by atoms with Crippen molar-refractivity contribution in [3.8, 4) is 0 Å². The largest absolute Gasteiger partial charge is 0.278 e. The molecule has 0 aromatic heterocycles. The van der Waals surface area contributed by atoms with Gasteiger partial charge in [0.2, 0.25) is 11.8 Å². The first-order valence-corrected chi connectivity index (χ1v) is 7.24. The highest BCUT2D eigenvalue weighted by Gasteiger charge is 2.59. The number of likely N-dealkylation sites (tertiary alicyclic amines) is 1. The van der Waals surface area contributed by atoms with Crippen molar-refractivity contribution >= 4 is 11.8 Å². The Hall–Kier alpha value is -1.90. The number of rotatable bonds is 2. The zero-order valence-corrected chi connectivity index (χ0v) is 11.5. The van der Waals surface area contributed by atoms with Crippen molar-refractivity contribution in [3.63, 3.8) is 0 Å². The molecule has 20 heavy (non-hydrogen) atoms. The minimum atomic E-state index is -0.0806. The summed E-state index contributed by atoms with van der Waals surface area (Å²) in [5, 5.41) is 0. The van der Waals surface area contributed by atoms with Crippen molar-refractivity contribution in [2.45, 2.75) is 19.9 Å². The lowest BCUT2D eigenvalue weighted by molar-refractivity contribution is -0.141. The van der Waals surface area contributed by atoms with Crippen molar-refractivity contribution in [2.75, 3.05) is 0 Å². The fourth-order valence-corrected chi connectivity index (χ4v) is 4.00. The molecule has 2 bridgehead atoms. The molecule has 0 unspecified atom stereocenters. The predicted molar refractivity (Wildman–Crippen MR) is 74.5 cm³/mol. The summed E-state index contributed by atoms with van der Waals surface area (Å²) in [6.45, 7) is 2.45. The minimum absolute atomic E-state index is 0.0393. The second-order valence-corrected chi connectivity index (χ2v) is 6.25. The maximum atomic E-state index is 12.5. The van der Waals surface area contributed by atoms with Gasteiger partial charge in [-0.3, -0.25) is 14.5 Å². The zero-order chi connectivity index (χ0) is 13.9. The number of fused-ring (bicyclic) bond motifs is 5. The molecule has 4 atom stereocenters. The van der Waals surface area contributed by atoms with Gasteiger partial charge in [0.25, 0.3) is 0 Å². The van der Waals surface area contributed by atoms with Gasteiger partial charge in [-0.1, -0.05) is 42.0 Å². The van der Waals surface area contributed by atoms with Gasteiger partial charge in [0.1, 0.15) is 0 Å². The highest BCUT2D eigenvalue weighted by Crippen LogP contribution is 2.52. The molecule has 4 rings (SSSR count). The smallest absolute Gasteiger partial charge is 0.234 e. The van der Waals surface area contributed by atoms with Gasteiger partial charge in [-0.25, -0.2) is 0 Å². The van der Waals surface area contributed by atoms with Crippen LogP contribution in [-0.4, -0.2) is 16.7 Å². The van der Waals surface area contributed by atoms with Gasteiger partial charge in [-0.2, -0.15) is 0 Å². The molecule has 0 spiro atoms. The molecule has 0 radical (unpaired) electrons. The monoisotopic (exact) mass is 267 g/mol. The van der Waals surface area contributed by atoms with Crippen molar-refractivity contribution < 1.29 is 9.59 Å². The van der Waals surface area contributed by atoms with Crippen molar-refractivity contribution in [1.29, 1.82) is 0 Å². The van der Waals surface area contributed by atoms with Gasteiger partial charge < -0.3 is 0 Å². The molecule has 0 N–H and O–H groups in total. The molecule has 1 saturated heterocycles. The van der Waals surface area contributed by atoms with Gasteiger partial charge >= 0.3 is 0 Å². The number of aryl methyl sites for hydroxylation is 1. The number of carbonyl (C=O) groups excluding carboxylic acids is 2. The van der Waals surface area contributed by atoms with E-state index in [2.05, 4.69) is 12.2 Å². The van der Waals surface area contributed by atoms with Crippen molar-refractivity contribution in [2.24, 2.45) is 23.7 Å². The van der Waals surface area contributed by atoms with Crippen molar-refractivity contribution in [1.82, 2.24) is 4.90 Å². The van der Waals surface area contributed by atoms with E-state index in [1.807, 2.05) is 31.2 Å². The topological polar surface area (TPSA) is 37.4 Å². The maximum Gasteiger partial charge on any atom is 0.234 e. The van der Waals surface area contributed by atoms with Gasteiger partial charge in [0, 0.05) is 0 Å². The predicted octanol–water partition coefficient (Wildman–Crippen LogP) is 2.30. The van der Waals surface area contributed by atoms with E-state index in [1.54, 1.807) is 0 Å². The quantitative estimate of drug-likeness (QED) is 0.609. The highest BCUT2D eigenvalue weighted by molar-refractivity contribution is 6.06. The number of hydrogen-bond donors (Lipinski definition) is 0. The van der Waals surface area contributed by atoms with Crippen LogP contribution < -0.4 is 0 Å². The molecule has 1 aliphatic heterocycles. The first kappa shape index (κ1) is 11.9. The van der Waals surface area contributed by atoms with E-state index in [1.165, 1.54) is 10.5 Å². The van der Waals surface area contributed by atoms with Gasteiger partial charge in [-0.05, 0) is 30.7 Å². The molecule has 1 aromatic rings. The Labute approximate surface area is 118 Å². The molecule has 1 heterocycles. The Kier molecular flexibility index (Phi) is 2.40. The first-order valence-electron chi connectivity index (χ1n) is 7.24. The molecule has 2 aliphatic carbocycles. The van der Waals surface area contributed by atoms with Crippen LogP contribution in [0.1, 0.15) is 17.5 Å². The molecule has 2 amide bonds. The van der Waals surface area contributed by atoms with Crippen LogP contribution in [0.2, 0.25) is 0 Å². The summed E-state index contributed by atoms with van der Waals surface area (Å²) >= 11 is 0. The van der Waals surface area contributed by atoms with Crippen molar-refractivity contribution in [3.05, 3.63) is 47.5 Å². The number of amides is 2. The Morgan fingerprint density at radius 1 is 1.00 bits per heavy atom. The van der Waals surface area contributed by atoms with E-state index in [9.17, 15) is 9.59 Å². The molecule has 102 valence electrons. The summed E-state index contributed by atoms with van der Waals surface area (Å²) in [5.74, 6) is 0.509. The van der Waals surface area contributed by atoms with E-state index in [4.69, 9.17) is 0 Å². The highest BCUT2D eigenvalue weighted by atomic mass is 16.2. The Morgan fingerprint density at radius 3 is 2.10 bits per heavy atom. The first-order chi connectivity index (χ1) is 9.65. The number of allylic oxidation sites excluding steroid dienone is 2. The third-order valence-corrected chi connectivity index (χ3v) is 5.02. The summed E-state index contributed by atoms with van der Waals surface area (Å²) in [7, 11) is 0. The zero-order valence-electron chi connectivity index (χ0n) is 11.5. The Bertz CT molecular complexity index is 586. The van der Waals surface area contributed by atoms with E-state index in [-0.39, 0.29) is 23.7 Å². The summed E-state index contributed by atoms with van der Waals surface area (Å²) in [6, 6.07) is 8.03. The average molecular weight is 267 g/mol. The fourth-order valence-electron chi connectivity index (χ4n) is 4.00. The lowest BCUT2D eigenvalue weighted by Crippen LogP contribution is -2.32. The average Bonchev–Trinajstić information content (AvgIpc) is 3.11. The number of benzene rings is 1. The molecule has 1 aromatic carbocycles. The maximum absolute atomic E-state index is 12.5. The van der Waals surface area contributed by atoms with Crippen LogP contribution in [0.5, 0.6) is 0 Å². The van der Waals surface area contributed by atoms with E-state index in [0.717, 1.165) is 12.0 Å². The summed E-state index contributed by atoms with van der Waals surface area (Å²) in [4.78, 5) is 26.5. The van der Waals surface area contributed by atoms with Gasteiger partial charge in [0.15, 0.2) is 0 Å². The van der Waals surface area contributed by atoms with Crippen LogP contribution in [0.4, 0.5) is 0 Å². The summed E-state index contributed by atoms with van der Waals surface area (Å²) in [6.07, 6.45) is 5.25. The van der Waals surface area contributed by atoms with Crippen LogP contribution in [-0.2, 0) is 16.1 Å². The van der Waals surface area contributed by atoms with Crippen LogP contribution in [0.25, 0.3) is 0 Å². The van der Waals surface area contributed by atoms with E-state index >= 15 is 0 Å². The lowest BCUT2D eigenvalue weighted by atomic mass is 9.85. The third-order valence-electron chi connectivity index (χ3n) is 5.02. The van der Waals surface area contributed by atoms with Crippen LogP contribution in [0, 0.1) is 30.6 Å². The summed E-state index contributed by atoms with van der Waals surface area (Å²) < 4.78 is 0. The van der Waals surface area contributed by atoms with E-state index < -0.39 is 0 Å². The number of hydrogen-bond acceptors (Lipinski definition) is 2. The number of imide groups is 1. The van der Waals surface area contributed by atoms with Crippen LogP contribution >= 0.6 is 0 Å². The minimum Gasteiger partial charge on any atom is -0.278 e. The molecule has 3 heteroatoms. The van der Waals surface area contributed by atoms with E-state index in [0.29, 0.717) is 18.4 Å².